The van der Waals surface area contributed by atoms with Crippen LogP contribution in [-0.2, 0) is 11.3 Å². The number of hydrogen-bond donors (Lipinski definition) is 3. The third kappa shape index (κ3) is 6.85. The minimum absolute atomic E-state index is 0.0524. The molecule has 0 spiro atoms. The zero-order chi connectivity index (χ0) is 21.1. The van der Waals surface area contributed by atoms with Crippen LogP contribution in [0.5, 0.6) is 0 Å². The Morgan fingerprint density at radius 1 is 1.21 bits per heavy atom. The van der Waals surface area contributed by atoms with Crippen molar-refractivity contribution < 1.29 is 14.2 Å². The number of rotatable bonds is 10. The van der Waals surface area contributed by atoms with Gasteiger partial charge in [0.15, 0.2) is 5.96 Å². The maximum absolute atomic E-state index is 14.6. The Balaban J connectivity index is 2.02. The number of ether oxygens (including phenoxy) is 1. The van der Waals surface area contributed by atoms with Gasteiger partial charge in [-0.2, -0.15) is 0 Å². The molecule has 7 heteroatoms. The highest BCUT2D eigenvalue weighted by Gasteiger charge is 2.25. The smallest absolute Gasteiger partial charge is 0.191 e. The minimum atomic E-state index is -0.212. The lowest BCUT2D eigenvalue weighted by molar-refractivity contribution is 0.122. The molecule has 0 atom stereocenters. The van der Waals surface area contributed by atoms with Gasteiger partial charge in [-0.3, -0.25) is 0 Å². The number of nitrogens with one attached hydrogen (secondary N) is 2. The van der Waals surface area contributed by atoms with Crippen LogP contribution >= 0.6 is 0 Å². The summed E-state index contributed by atoms with van der Waals surface area (Å²) in [5, 5.41) is 16.1. The Kier molecular flexibility index (Phi) is 9.67. The number of nitrogens with zero attached hydrogens (tertiary/aromatic N) is 2. The lowest BCUT2D eigenvalue weighted by Crippen LogP contribution is -2.43. The molecule has 1 aromatic rings. The van der Waals surface area contributed by atoms with Crippen LogP contribution in [0.25, 0.3) is 0 Å². The van der Waals surface area contributed by atoms with Gasteiger partial charge in [0.1, 0.15) is 5.82 Å². The van der Waals surface area contributed by atoms with Crippen molar-refractivity contribution in [3.8, 4) is 0 Å². The molecule has 2 rings (SSSR count). The molecule has 0 amide bonds. The van der Waals surface area contributed by atoms with E-state index < -0.39 is 0 Å². The van der Waals surface area contributed by atoms with Crippen LogP contribution in [0, 0.1) is 11.2 Å². The van der Waals surface area contributed by atoms with Gasteiger partial charge in [0, 0.05) is 32.8 Å². The molecular formula is C22H37FN4O2. The fourth-order valence-electron chi connectivity index (χ4n) is 3.67. The number of aliphatic imine (C=N–C) groups is 1. The fraction of sp³-hybridized carbons (Fsp3) is 0.682. The van der Waals surface area contributed by atoms with E-state index in [-0.39, 0.29) is 17.8 Å². The van der Waals surface area contributed by atoms with Crippen LogP contribution in [0.4, 0.5) is 10.1 Å². The van der Waals surface area contributed by atoms with Gasteiger partial charge < -0.3 is 25.4 Å². The minimum Gasteiger partial charge on any atom is -0.396 e. The molecule has 1 fully saturated rings. The van der Waals surface area contributed by atoms with Crippen molar-refractivity contribution in [3.05, 3.63) is 29.6 Å². The molecule has 29 heavy (non-hydrogen) atoms. The second-order valence-corrected chi connectivity index (χ2v) is 7.61. The van der Waals surface area contributed by atoms with Gasteiger partial charge in [-0.25, -0.2) is 9.38 Å². The fourth-order valence-corrected chi connectivity index (χ4v) is 3.67. The van der Waals surface area contributed by atoms with Crippen molar-refractivity contribution in [2.75, 3.05) is 50.9 Å². The Morgan fingerprint density at radius 3 is 2.52 bits per heavy atom. The summed E-state index contributed by atoms with van der Waals surface area (Å²) in [4.78, 5) is 6.65. The lowest BCUT2D eigenvalue weighted by Gasteiger charge is -2.32. The molecule has 164 valence electrons. The van der Waals surface area contributed by atoms with E-state index in [1.165, 1.54) is 0 Å². The van der Waals surface area contributed by atoms with E-state index in [9.17, 15) is 9.50 Å². The van der Waals surface area contributed by atoms with Gasteiger partial charge in [0.05, 0.1) is 25.4 Å². The Morgan fingerprint density at radius 2 is 1.93 bits per heavy atom. The molecule has 0 saturated carbocycles. The largest absolute Gasteiger partial charge is 0.396 e. The first-order valence-electron chi connectivity index (χ1n) is 10.8. The molecule has 6 nitrogen and oxygen atoms in total. The Bertz CT molecular complexity index is 644. The Hall–Kier alpha value is -1.86. The molecule has 1 aliphatic rings. The highest BCUT2D eigenvalue weighted by molar-refractivity contribution is 5.79. The first-order chi connectivity index (χ1) is 14.1. The maximum atomic E-state index is 14.6. The second kappa shape index (κ2) is 12.0. The van der Waals surface area contributed by atoms with Gasteiger partial charge in [0.25, 0.3) is 0 Å². The monoisotopic (exact) mass is 408 g/mol. The Labute approximate surface area is 174 Å². The molecule has 0 bridgehead atoms. The summed E-state index contributed by atoms with van der Waals surface area (Å²) in [6.07, 6.45) is 2.75. The van der Waals surface area contributed by atoms with Gasteiger partial charge in [-0.05, 0) is 49.3 Å². The van der Waals surface area contributed by atoms with Crippen LogP contribution in [0.3, 0.4) is 0 Å². The third-order valence-electron chi connectivity index (χ3n) is 5.90. The van der Waals surface area contributed by atoms with E-state index in [2.05, 4.69) is 29.5 Å². The predicted molar refractivity (Wildman–Crippen MR) is 117 cm³/mol. The average molecular weight is 409 g/mol. The van der Waals surface area contributed by atoms with E-state index >= 15 is 0 Å². The first-order valence-corrected chi connectivity index (χ1v) is 10.8. The lowest BCUT2D eigenvalue weighted by atomic mass is 9.79. The highest BCUT2D eigenvalue weighted by atomic mass is 19.1. The number of hydrogen-bond acceptors (Lipinski definition) is 4. The van der Waals surface area contributed by atoms with Crippen molar-refractivity contribution in [1.29, 1.82) is 0 Å². The number of halogens is 1. The summed E-state index contributed by atoms with van der Waals surface area (Å²) >= 11 is 0. The summed E-state index contributed by atoms with van der Waals surface area (Å²) in [5.74, 6) is 0.505. The van der Waals surface area contributed by atoms with Crippen LogP contribution in [0.2, 0.25) is 0 Å². The molecule has 0 radical (unpaired) electrons. The van der Waals surface area contributed by atoms with Gasteiger partial charge in [0.2, 0.25) is 0 Å². The highest BCUT2D eigenvalue weighted by Crippen LogP contribution is 2.29. The van der Waals surface area contributed by atoms with Crippen molar-refractivity contribution in [3.63, 3.8) is 0 Å². The standard InChI is InChI=1S/C22H37FN4O2/c1-4-22(5-2,9-12-28)17-26-21(24-6-3)25-16-18-7-8-20(19(23)15-18)27-10-13-29-14-11-27/h7-8,15,28H,4-6,9-14,16-17H2,1-3H3,(H2,24,25,26). The van der Waals surface area contributed by atoms with Gasteiger partial charge >= 0.3 is 0 Å². The predicted octanol–water partition coefficient (Wildman–Crippen LogP) is 2.91. The van der Waals surface area contributed by atoms with E-state index in [4.69, 9.17) is 4.74 Å². The molecule has 3 N–H and O–H groups in total. The number of guanidine groups is 1. The molecular weight excluding hydrogens is 371 g/mol. The van der Waals surface area contributed by atoms with Gasteiger partial charge in [-0.15, -0.1) is 0 Å². The third-order valence-corrected chi connectivity index (χ3v) is 5.90. The van der Waals surface area contributed by atoms with Crippen LogP contribution in [-0.4, -0.2) is 57.1 Å². The molecule has 0 aliphatic carbocycles. The SMILES string of the molecule is CCNC(=NCc1ccc(N2CCOCC2)c(F)c1)NCC(CC)(CC)CCO. The molecule has 1 aromatic carbocycles. The van der Waals surface area contributed by atoms with Crippen molar-refractivity contribution in [2.24, 2.45) is 10.4 Å². The van der Waals surface area contributed by atoms with E-state index in [1.807, 2.05) is 24.0 Å². The van der Waals surface area contributed by atoms with Gasteiger partial charge in [-0.1, -0.05) is 19.9 Å². The van der Waals surface area contributed by atoms with Crippen molar-refractivity contribution >= 4 is 11.6 Å². The summed E-state index contributed by atoms with van der Waals surface area (Å²) in [6, 6.07) is 5.35. The summed E-state index contributed by atoms with van der Waals surface area (Å²) in [5.41, 5.74) is 1.52. The molecule has 1 heterocycles. The van der Waals surface area contributed by atoms with Crippen molar-refractivity contribution in [2.45, 2.75) is 46.6 Å². The zero-order valence-corrected chi connectivity index (χ0v) is 18.1. The second-order valence-electron chi connectivity index (χ2n) is 7.61. The van der Waals surface area contributed by atoms with E-state index in [0.29, 0.717) is 38.5 Å². The van der Waals surface area contributed by atoms with Crippen molar-refractivity contribution in [1.82, 2.24) is 10.6 Å². The topological polar surface area (TPSA) is 69.1 Å². The average Bonchev–Trinajstić information content (AvgIpc) is 2.75. The molecule has 1 aliphatic heterocycles. The zero-order valence-electron chi connectivity index (χ0n) is 18.1. The number of benzene rings is 1. The maximum Gasteiger partial charge on any atom is 0.191 e. The number of aliphatic hydroxyl groups excluding tert-OH is 1. The van der Waals surface area contributed by atoms with Crippen LogP contribution < -0.4 is 15.5 Å². The molecule has 1 saturated heterocycles. The first kappa shape index (κ1) is 23.4. The summed E-state index contributed by atoms with van der Waals surface area (Å²) < 4.78 is 19.9. The number of morpholine rings is 1. The number of aliphatic hydroxyl groups is 1. The quantitative estimate of drug-likeness (QED) is 0.410. The van der Waals surface area contributed by atoms with Crippen LogP contribution in [0.1, 0.15) is 45.6 Å². The van der Waals surface area contributed by atoms with E-state index in [0.717, 1.165) is 43.9 Å². The van der Waals surface area contributed by atoms with Crippen LogP contribution in [0.15, 0.2) is 23.2 Å². The normalized spacial score (nSPS) is 15.5. The molecule has 0 unspecified atom stereocenters. The molecule has 0 aromatic heterocycles. The summed E-state index contributed by atoms with van der Waals surface area (Å²) in [6.45, 7) is 11.1. The van der Waals surface area contributed by atoms with E-state index in [1.54, 1.807) is 6.07 Å². The summed E-state index contributed by atoms with van der Waals surface area (Å²) in [7, 11) is 0. The number of anilines is 1.